The third-order valence-electron chi connectivity index (χ3n) is 3.41. The lowest BCUT2D eigenvalue weighted by atomic mass is 10.0. The number of nitrogens with one attached hydrogen (secondary N) is 2. The third-order valence-corrected chi connectivity index (χ3v) is 3.41. The number of aromatic carboxylic acids is 1. The van der Waals surface area contributed by atoms with Gasteiger partial charge in [-0.25, -0.2) is 4.79 Å². The first-order chi connectivity index (χ1) is 11.0. The van der Waals surface area contributed by atoms with Gasteiger partial charge in [-0.3, -0.25) is 10.2 Å². The zero-order chi connectivity index (χ0) is 16.8. The number of Topliss-reactive ketones (excluding diaryl/α,β-unsaturated/α-hetero) is 1. The maximum atomic E-state index is 11.7. The summed E-state index contributed by atoms with van der Waals surface area (Å²) in [5.74, 6) is -1.41. The van der Waals surface area contributed by atoms with Crippen LogP contribution in [0.3, 0.4) is 0 Å². The van der Waals surface area contributed by atoms with Crippen molar-refractivity contribution in [1.29, 1.82) is 5.41 Å². The summed E-state index contributed by atoms with van der Waals surface area (Å²) >= 11 is 0. The summed E-state index contributed by atoms with van der Waals surface area (Å²) in [5.41, 5.74) is 1.81. The van der Waals surface area contributed by atoms with Crippen LogP contribution in [-0.2, 0) is 11.3 Å². The molecule has 0 heterocycles. The van der Waals surface area contributed by atoms with E-state index < -0.39 is 5.97 Å². The first-order valence-electron chi connectivity index (χ1n) is 7.29. The van der Waals surface area contributed by atoms with E-state index in [9.17, 15) is 14.7 Å². The minimum atomic E-state index is -1.09. The van der Waals surface area contributed by atoms with E-state index >= 15 is 0 Å². The highest BCUT2D eigenvalue weighted by atomic mass is 16.4. The van der Waals surface area contributed by atoms with Gasteiger partial charge in [0.25, 0.3) is 0 Å². The monoisotopic (exact) mass is 310 g/mol. The molecule has 0 aromatic heterocycles. The number of carboxylic acid groups (broad SMARTS) is 1. The van der Waals surface area contributed by atoms with E-state index in [4.69, 9.17) is 5.41 Å². The zero-order valence-corrected chi connectivity index (χ0v) is 12.8. The van der Waals surface area contributed by atoms with Gasteiger partial charge in [-0.2, -0.15) is 0 Å². The number of carbonyl (C=O) groups excluding carboxylic acids is 1. The third kappa shape index (κ3) is 4.26. The van der Waals surface area contributed by atoms with E-state index in [1.54, 1.807) is 13.0 Å². The molecule has 3 N–H and O–H groups in total. The molecule has 0 aliphatic rings. The molecule has 5 nitrogen and oxygen atoms in total. The number of hydrogen-bond donors (Lipinski definition) is 3. The minimum Gasteiger partial charge on any atom is -0.478 e. The highest BCUT2D eigenvalue weighted by Crippen LogP contribution is 2.17. The fourth-order valence-electron chi connectivity index (χ4n) is 2.14. The molecule has 0 saturated carbocycles. The van der Waals surface area contributed by atoms with Gasteiger partial charge in [-0.1, -0.05) is 37.3 Å². The summed E-state index contributed by atoms with van der Waals surface area (Å²) in [5, 5.41) is 20.2. The van der Waals surface area contributed by atoms with Crippen LogP contribution in [0.2, 0.25) is 0 Å². The van der Waals surface area contributed by atoms with Crippen molar-refractivity contribution in [3.8, 4) is 0 Å². The molecule has 5 heteroatoms. The molecule has 0 amide bonds. The van der Waals surface area contributed by atoms with E-state index in [0.29, 0.717) is 17.8 Å². The molecule has 0 aliphatic carbocycles. The summed E-state index contributed by atoms with van der Waals surface area (Å²) in [6.45, 7) is 2.20. The number of carboxylic acids is 1. The van der Waals surface area contributed by atoms with Crippen molar-refractivity contribution in [3.63, 3.8) is 0 Å². The maximum Gasteiger partial charge on any atom is 0.335 e. The van der Waals surface area contributed by atoms with Crippen LogP contribution in [0.5, 0.6) is 0 Å². The SMILES string of the molecule is CCC(=O)C(=N)c1cc(NCc2ccccc2)cc(C(=O)O)c1. The number of carbonyl (C=O) groups is 2. The Morgan fingerprint density at radius 3 is 2.35 bits per heavy atom. The molecule has 2 aromatic carbocycles. The molecule has 0 bridgehead atoms. The van der Waals surface area contributed by atoms with Crippen LogP contribution in [0, 0.1) is 5.41 Å². The first-order valence-corrected chi connectivity index (χ1v) is 7.29. The normalized spacial score (nSPS) is 10.1. The fraction of sp³-hybridized carbons (Fsp3) is 0.167. The quantitative estimate of drug-likeness (QED) is 0.684. The van der Waals surface area contributed by atoms with Gasteiger partial charge >= 0.3 is 5.97 Å². The van der Waals surface area contributed by atoms with Gasteiger partial charge < -0.3 is 10.4 Å². The summed E-state index contributed by atoms with van der Waals surface area (Å²) in [7, 11) is 0. The summed E-state index contributed by atoms with van der Waals surface area (Å²) in [6.07, 6.45) is 0.211. The Kier molecular flexibility index (Phi) is 5.25. The van der Waals surface area contributed by atoms with Gasteiger partial charge in [0.15, 0.2) is 5.78 Å². The molecule has 0 fully saturated rings. The second kappa shape index (κ2) is 7.35. The standard InChI is InChI=1S/C18H18N2O3/c1-2-16(21)17(19)13-8-14(18(22)23)10-15(9-13)20-11-12-6-4-3-5-7-12/h3-10,19-20H,2,11H2,1H3,(H,22,23). The average molecular weight is 310 g/mol. The predicted molar refractivity (Wildman–Crippen MR) is 89.3 cm³/mol. The molecule has 0 spiro atoms. The van der Waals surface area contributed by atoms with Gasteiger partial charge in [0.2, 0.25) is 0 Å². The summed E-state index contributed by atoms with van der Waals surface area (Å²) in [4.78, 5) is 23.0. The Morgan fingerprint density at radius 2 is 1.74 bits per heavy atom. The topological polar surface area (TPSA) is 90.3 Å². The van der Waals surface area contributed by atoms with Crippen molar-refractivity contribution in [2.75, 3.05) is 5.32 Å². The van der Waals surface area contributed by atoms with Gasteiger partial charge in [0.1, 0.15) is 5.71 Å². The molecule has 0 unspecified atom stereocenters. The Balaban J connectivity index is 2.28. The van der Waals surface area contributed by atoms with Crippen molar-refractivity contribution in [2.24, 2.45) is 0 Å². The van der Waals surface area contributed by atoms with Gasteiger partial charge in [-0.15, -0.1) is 0 Å². The van der Waals surface area contributed by atoms with Crippen molar-refractivity contribution in [2.45, 2.75) is 19.9 Å². The zero-order valence-electron chi connectivity index (χ0n) is 12.8. The second-order valence-electron chi connectivity index (χ2n) is 5.10. The van der Waals surface area contributed by atoms with Crippen LogP contribution in [0.15, 0.2) is 48.5 Å². The van der Waals surface area contributed by atoms with Crippen LogP contribution >= 0.6 is 0 Å². The molecule has 0 radical (unpaired) electrons. The van der Waals surface area contributed by atoms with Crippen molar-refractivity contribution < 1.29 is 14.7 Å². The van der Waals surface area contributed by atoms with E-state index in [2.05, 4.69) is 5.32 Å². The van der Waals surface area contributed by atoms with Crippen molar-refractivity contribution in [1.82, 2.24) is 0 Å². The van der Waals surface area contributed by atoms with E-state index in [1.807, 2.05) is 30.3 Å². The van der Waals surface area contributed by atoms with Crippen molar-refractivity contribution >= 4 is 23.2 Å². The first kappa shape index (κ1) is 16.4. The lowest BCUT2D eigenvalue weighted by Crippen LogP contribution is -2.14. The summed E-state index contributed by atoms with van der Waals surface area (Å²) < 4.78 is 0. The van der Waals surface area contributed by atoms with E-state index in [0.717, 1.165) is 5.56 Å². The number of ketones is 1. The molecule has 23 heavy (non-hydrogen) atoms. The predicted octanol–water partition coefficient (Wildman–Crippen LogP) is 3.34. The van der Waals surface area contributed by atoms with Crippen LogP contribution in [0.1, 0.15) is 34.8 Å². The Bertz CT molecular complexity index is 739. The Labute approximate surface area is 134 Å². The largest absolute Gasteiger partial charge is 0.478 e. The minimum absolute atomic E-state index is 0.0479. The van der Waals surface area contributed by atoms with Gasteiger partial charge in [0.05, 0.1) is 5.56 Å². The van der Waals surface area contributed by atoms with E-state index in [-0.39, 0.29) is 23.5 Å². The smallest absolute Gasteiger partial charge is 0.335 e. The average Bonchev–Trinajstić information content (AvgIpc) is 2.59. The number of benzene rings is 2. The molecule has 0 atom stereocenters. The number of rotatable bonds is 7. The molecule has 118 valence electrons. The second-order valence-corrected chi connectivity index (χ2v) is 5.10. The fourth-order valence-corrected chi connectivity index (χ4v) is 2.14. The molecule has 0 saturated heterocycles. The highest BCUT2D eigenvalue weighted by molar-refractivity contribution is 6.45. The lowest BCUT2D eigenvalue weighted by molar-refractivity contribution is -0.112. The number of hydrogen-bond acceptors (Lipinski definition) is 4. The lowest BCUT2D eigenvalue weighted by Gasteiger charge is -2.11. The summed E-state index contributed by atoms with van der Waals surface area (Å²) in [6, 6.07) is 14.2. The van der Waals surface area contributed by atoms with Crippen LogP contribution in [0.4, 0.5) is 5.69 Å². The molecule has 2 rings (SSSR count). The van der Waals surface area contributed by atoms with Crippen molar-refractivity contribution in [3.05, 3.63) is 65.2 Å². The molecular formula is C18H18N2O3. The number of anilines is 1. The highest BCUT2D eigenvalue weighted by Gasteiger charge is 2.14. The van der Waals surface area contributed by atoms with Crippen LogP contribution < -0.4 is 5.32 Å². The van der Waals surface area contributed by atoms with Gasteiger partial charge in [-0.05, 0) is 23.8 Å². The Morgan fingerprint density at radius 1 is 1.09 bits per heavy atom. The Hall–Kier alpha value is -2.95. The van der Waals surface area contributed by atoms with Gasteiger partial charge in [0, 0.05) is 24.2 Å². The molecule has 0 aliphatic heterocycles. The maximum absolute atomic E-state index is 11.7. The molecule has 2 aromatic rings. The molecular weight excluding hydrogens is 292 g/mol. The van der Waals surface area contributed by atoms with Crippen LogP contribution in [0.25, 0.3) is 0 Å². The van der Waals surface area contributed by atoms with Crippen LogP contribution in [-0.4, -0.2) is 22.6 Å². The van der Waals surface area contributed by atoms with E-state index in [1.165, 1.54) is 12.1 Å².